The highest BCUT2D eigenvalue weighted by Crippen LogP contribution is 2.29. The highest BCUT2D eigenvalue weighted by Gasteiger charge is 2.30. The summed E-state index contributed by atoms with van der Waals surface area (Å²) in [6.07, 6.45) is 3.31. The molecule has 0 spiro atoms. The molecule has 1 fully saturated rings. The minimum absolute atomic E-state index is 0.570. The van der Waals surface area contributed by atoms with Gasteiger partial charge in [0.1, 0.15) is 5.82 Å². The monoisotopic (exact) mass is 232 g/mol. The first-order valence-corrected chi connectivity index (χ1v) is 6.82. The molecule has 2 rings (SSSR count). The molecule has 1 aliphatic heterocycles. The number of aromatic nitrogens is 1. The second-order valence-corrected chi connectivity index (χ2v) is 5.66. The Hall–Kier alpha value is -1.05. The van der Waals surface area contributed by atoms with E-state index in [1.807, 2.05) is 6.20 Å². The van der Waals surface area contributed by atoms with Gasteiger partial charge >= 0.3 is 0 Å². The van der Waals surface area contributed by atoms with Gasteiger partial charge in [0, 0.05) is 19.3 Å². The van der Waals surface area contributed by atoms with Crippen LogP contribution in [0.5, 0.6) is 0 Å². The van der Waals surface area contributed by atoms with E-state index in [1.54, 1.807) is 0 Å². The lowest BCUT2D eigenvalue weighted by Crippen LogP contribution is -2.49. The van der Waals surface area contributed by atoms with E-state index < -0.39 is 0 Å². The van der Waals surface area contributed by atoms with Crippen LogP contribution in [0, 0.1) is 11.8 Å². The molecular weight excluding hydrogens is 208 g/mol. The van der Waals surface area contributed by atoms with Gasteiger partial charge in [0.05, 0.1) is 0 Å². The van der Waals surface area contributed by atoms with E-state index in [1.165, 1.54) is 25.1 Å². The fourth-order valence-corrected chi connectivity index (χ4v) is 2.32. The summed E-state index contributed by atoms with van der Waals surface area (Å²) in [6.45, 7) is 11.4. The van der Waals surface area contributed by atoms with Gasteiger partial charge in [-0.25, -0.2) is 4.98 Å². The first-order chi connectivity index (χ1) is 8.11. The fraction of sp³-hybridized carbons (Fsp3) is 0.667. The fourth-order valence-electron chi connectivity index (χ4n) is 2.32. The topological polar surface area (TPSA) is 16.1 Å². The molecule has 17 heavy (non-hydrogen) atoms. The SMILES string of the molecule is CCC(C)C1CN(c2ccc(C(C)C)cn2)C1. The van der Waals surface area contributed by atoms with Gasteiger partial charge < -0.3 is 4.90 Å². The summed E-state index contributed by atoms with van der Waals surface area (Å²) in [5.41, 5.74) is 1.33. The van der Waals surface area contributed by atoms with Crippen LogP contribution < -0.4 is 4.90 Å². The number of pyridine rings is 1. The zero-order valence-electron chi connectivity index (χ0n) is 11.5. The third-order valence-electron chi connectivity index (χ3n) is 4.12. The highest BCUT2D eigenvalue weighted by molar-refractivity contribution is 5.42. The van der Waals surface area contributed by atoms with Crippen molar-refractivity contribution in [3.8, 4) is 0 Å². The molecule has 1 atom stereocenters. The van der Waals surface area contributed by atoms with E-state index in [0.717, 1.165) is 17.7 Å². The summed E-state index contributed by atoms with van der Waals surface area (Å²) >= 11 is 0. The molecule has 0 bridgehead atoms. The lowest BCUT2D eigenvalue weighted by atomic mass is 9.85. The summed E-state index contributed by atoms with van der Waals surface area (Å²) in [6, 6.07) is 4.38. The maximum atomic E-state index is 4.57. The first kappa shape index (κ1) is 12.4. The van der Waals surface area contributed by atoms with Gasteiger partial charge in [-0.05, 0) is 29.4 Å². The summed E-state index contributed by atoms with van der Waals surface area (Å²) in [5, 5.41) is 0. The first-order valence-electron chi connectivity index (χ1n) is 6.82. The van der Waals surface area contributed by atoms with Crippen LogP contribution in [-0.2, 0) is 0 Å². The van der Waals surface area contributed by atoms with Crippen molar-refractivity contribution in [1.82, 2.24) is 4.98 Å². The molecule has 0 aromatic carbocycles. The normalized spacial score (nSPS) is 18.3. The molecule has 0 amide bonds. The molecule has 1 aromatic heterocycles. The zero-order chi connectivity index (χ0) is 12.4. The Balaban J connectivity index is 1.93. The Labute approximate surface area is 105 Å². The Morgan fingerprint density at radius 2 is 2.00 bits per heavy atom. The van der Waals surface area contributed by atoms with Gasteiger partial charge in [-0.2, -0.15) is 0 Å². The van der Waals surface area contributed by atoms with Crippen molar-refractivity contribution in [1.29, 1.82) is 0 Å². The summed E-state index contributed by atoms with van der Waals surface area (Å²) < 4.78 is 0. The van der Waals surface area contributed by atoms with Gasteiger partial charge in [0.25, 0.3) is 0 Å². The van der Waals surface area contributed by atoms with E-state index in [-0.39, 0.29) is 0 Å². The molecular formula is C15H24N2. The summed E-state index contributed by atoms with van der Waals surface area (Å²) in [4.78, 5) is 6.96. The maximum absolute atomic E-state index is 4.57. The van der Waals surface area contributed by atoms with Gasteiger partial charge in [0.2, 0.25) is 0 Å². The molecule has 1 unspecified atom stereocenters. The van der Waals surface area contributed by atoms with Crippen LogP contribution in [0.3, 0.4) is 0 Å². The van der Waals surface area contributed by atoms with Gasteiger partial charge in [-0.15, -0.1) is 0 Å². The zero-order valence-corrected chi connectivity index (χ0v) is 11.5. The van der Waals surface area contributed by atoms with Crippen molar-refractivity contribution in [2.75, 3.05) is 18.0 Å². The highest BCUT2D eigenvalue weighted by atomic mass is 15.2. The van der Waals surface area contributed by atoms with Gasteiger partial charge in [0.15, 0.2) is 0 Å². The van der Waals surface area contributed by atoms with E-state index >= 15 is 0 Å². The lowest BCUT2D eigenvalue weighted by Gasteiger charge is -2.43. The molecule has 0 radical (unpaired) electrons. The van der Waals surface area contributed by atoms with Crippen LogP contribution in [-0.4, -0.2) is 18.1 Å². The van der Waals surface area contributed by atoms with E-state index in [0.29, 0.717) is 5.92 Å². The third-order valence-corrected chi connectivity index (χ3v) is 4.12. The lowest BCUT2D eigenvalue weighted by molar-refractivity contribution is 0.282. The van der Waals surface area contributed by atoms with Crippen molar-refractivity contribution < 1.29 is 0 Å². The molecule has 2 heteroatoms. The second-order valence-electron chi connectivity index (χ2n) is 5.66. The smallest absolute Gasteiger partial charge is 0.128 e. The molecule has 2 heterocycles. The maximum Gasteiger partial charge on any atom is 0.128 e. The molecule has 94 valence electrons. The minimum atomic E-state index is 0.570. The van der Waals surface area contributed by atoms with Crippen molar-refractivity contribution in [2.45, 2.75) is 40.0 Å². The predicted octanol–water partition coefficient (Wildman–Crippen LogP) is 3.69. The Kier molecular flexibility index (Phi) is 3.70. The van der Waals surface area contributed by atoms with Crippen molar-refractivity contribution >= 4 is 5.82 Å². The number of hydrogen-bond donors (Lipinski definition) is 0. The molecule has 1 saturated heterocycles. The third kappa shape index (κ3) is 2.62. The van der Waals surface area contributed by atoms with Crippen molar-refractivity contribution in [3.63, 3.8) is 0 Å². The van der Waals surface area contributed by atoms with Gasteiger partial charge in [-0.3, -0.25) is 0 Å². The molecule has 2 nitrogen and oxygen atoms in total. The Bertz CT molecular complexity index is 350. The standard InChI is InChI=1S/C15H24N2/c1-5-12(4)14-9-17(10-14)15-7-6-13(8-16-15)11(2)3/h6-8,11-12,14H,5,9-10H2,1-4H3. The number of nitrogens with zero attached hydrogens (tertiary/aromatic N) is 2. The molecule has 0 saturated carbocycles. The average Bonchev–Trinajstić information content (AvgIpc) is 2.27. The van der Waals surface area contributed by atoms with Crippen LogP contribution in [0.2, 0.25) is 0 Å². The molecule has 1 aliphatic rings. The summed E-state index contributed by atoms with van der Waals surface area (Å²) in [7, 11) is 0. The van der Waals surface area contributed by atoms with Crippen molar-refractivity contribution in [3.05, 3.63) is 23.9 Å². The Morgan fingerprint density at radius 1 is 1.29 bits per heavy atom. The molecule has 1 aromatic rings. The van der Waals surface area contributed by atoms with Crippen LogP contribution in [0.15, 0.2) is 18.3 Å². The largest absolute Gasteiger partial charge is 0.356 e. The van der Waals surface area contributed by atoms with Crippen LogP contribution in [0.4, 0.5) is 5.82 Å². The Morgan fingerprint density at radius 3 is 2.47 bits per heavy atom. The van der Waals surface area contributed by atoms with E-state index in [9.17, 15) is 0 Å². The van der Waals surface area contributed by atoms with Crippen LogP contribution in [0.25, 0.3) is 0 Å². The van der Waals surface area contributed by atoms with E-state index in [2.05, 4.69) is 49.7 Å². The number of rotatable bonds is 4. The van der Waals surface area contributed by atoms with Crippen LogP contribution in [0.1, 0.15) is 45.6 Å². The number of hydrogen-bond acceptors (Lipinski definition) is 2. The summed E-state index contributed by atoms with van der Waals surface area (Å²) in [5.74, 6) is 3.43. The minimum Gasteiger partial charge on any atom is -0.356 e. The predicted molar refractivity (Wildman–Crippen MR) is 73.5 cm³/mol. The van der Waals surface area contributed by atoms with Crippen LogP contribution >= 0.6 is 0 Å². The van der Waals surface area contributed by atoms with Gasteiger partial charge in [-0.1, -0.05) is 40.2 Å². The number of anilines is 1. The quantitative estimate of drug-likeness (QED) is 0.787. The second kappa shape index (κ2) is 5.07. The molecule has 0 aliphatic carbocycles. The average molecular weight is 232 g/mol. The van der Waals surface area contributed by atoms with Crippen molar-refractivity contribution in [2.24, 2.45) is 11.8 Å². The van der Waals surface area contributed by atoms with E-state index in [4.69, 9.17) is 0 Å². The molecule has 0 N–H and O–H groups in total.